The number of ether oxygens (including phenoxy) is 1. The number of amides is 1. The molecule has 25 heavy (non-hydrogen) atoms. The number of fused-ring (bicyclic) bond motifs is 1. The molecule has 2 heterocycles. The fraction of sp³-hybridized carbons (Fsp3) is 0.500. The molecule has 134 valence electrons. The molecule has 0 saturated carbocycles. The van der Waals surface area contributed by atoms with Gasteiger partial charge in [-0.05, 0) is 44.9 Å². The summed E-state index contributed by atoms with van der Waals surface area (Å²) in [5, 5.41) is 1.64. The summed E-state index contributed by atoms with van der Waals surface area (Å²) < 4.78 is 5.10. The van der Waals surface area contributed by atoms with Crippen LogP contribution in [-0.2, 0) is 4.74 Å². The van der Waals surface area contributed by atoms with Crippen LogP contribution in [0, 0.1) is 0 Å². The zero-order valence-electron chi connectivity index (χ0n) is 14.6. The summed E-state index contributed by atoms with van der Waals surface area (Å²) in [6, 6.07) is 6.00. The number of rotatable bonds is 4. The lowest BCUT2D eigenvalue weighted by Crippen LogP contribution is -2.47. The number of aromatic nitrogens is 2. The van der Waals surface area contributed by atoms with Crippen LogP contribution in [0.15, 0.2) is 24.5 Å². The van der Waals surface area contributed by atoms with Crippen LogP contribution >= 0.6 is 11.6 Å². The number of anilines is 1. The van der Waals surface area contributed by atoms with Crippen molar-refractivity contribution in [3.63, 3.8) is 0 Å². The molecule has 1 saturated heterocycles. The first-order valence-electron chi connectivity index (χ1n) is 8.72. The summed E-state index contributed by atoms with van der Waals surface area (Å²) in [6.07, 6.45) is 3.16. The predicted octanol–water partition coefficient (Wildman–Crippen LogP) is 3.73. The van der Waals surface area contributed by atoms with E-state index < -0.39 is 0 Å². The van der Waals surface area contributed by atoms with E-state index in [4.69, 9.17) is 16.3 Å². The average molecular weight is 363 g/mol. The molecule has 0 bridgehead atoms. The summed E-state index contributed by atoms with van der Waals surface area (Å²) in [5.74, 6) is 0.907. The standard InChI is InChI=1S/C18H23ClN4O2/c1-3-23(14-7-9-22(10-8-14)18(24)25-4-2)17-15-11-13(19)5-6-16(15)20-12-21-17/h5-6,11-12,14H,3-4,7-10H2,1-2H3. The van der Waals surface area contributed by atoms with Crippen molar-refractivity contribution in [2.24, 2.45) is 0 Å². The number of piperidine rings is 1. The highest BCUT2D eigenvalue weighted by Crippen LogP contribution is 2.29. The Hall–Kier alpha value is -2.08. The number of benzene rings is 1. The first-order valence-corrected chi connectivity index (χ1v) is 9.10. The quantitative estimate of drug-likeness (QED) is 0.829. The maximum absolute atomic E-state index is 11.9. The van der Waals surface area contributed by atoms with Gasteiger partial charge in [-0.3, -0.25) is 0 Å². The number of likely N-dealkylation sites (tertiary alicyclic amines) is 1. The van der Waals surface area contributed by atoms with Gasteiger partial charge in [0.1, 0.15) is 12.1 Å². The summed E-state index contributed by atoms with van der Waals surface area (Å²) >= 11 is 6.18. The SMILES string of the molecule is CCOC(=O)N1CCC(N(CC)c2ncnc3ccc(Cl)cc23)CC1. The fourth-order valence-corrected chi connectivity index (χ4v) is 3.57. The number of nitrogens with zero attached hydrogens (tertiary/aromatic N) is 4. The Morgan fingerprint density at radius 2 is 2.08 bits per heavy atom. The minimum absolute atomic E-state index is 0.219. The van der Waals surface area contributed by atoms with Crippen molar-refractivity contribution in [1.29, 1.82) is 0 Å². The van der Waals surface area contributed by atoms with E-state index in [1.165, 1.54) is 0 Å². The molecule has 0 spiro atoms. The third kappa shape index (κ3) is 3.79. The highest BCUT2D eigenvalue weighted by atomic mass is 35.5. The molecule has 0 radical (unpaired) electrons. The van der Waals surface area contributed by atoms with Crippen LogP contribution in [0.3, 0.4) is 0 Å². The molecule has 1 aromatic heterocycles. The van der Waals surface area contributed by atoms with Crippen molar-refractivity contribution in [3.05, 3.63) is 29.5 Å². The molecular formula is C18H23ClN4O2. The Balaban J connectivity index is 1.80. The van der Waals surface area contributed by atoms with Gasteiger partial charge in [0.05, 0.1) is 12.1 Å². The van der Waals surface area contributed by atoms with Gasteiger partial charge in [-0.25, -0.2) is 14.8 Å². The van der Waals surface area contributed by atoms with Gasteiger partial charge in [0.25, 0.3) is 0 Å². The van der Waals surface area contributed by atoms with Gasteiger partial charge in [0, 0.05) is 36.1 Å². The van der Waals surface area contributed by atoms with Crippen molar-refractivity contribution < 1.29 is 9.53 Å². The highest BCUT2D eigenvalue weighted by Gasteiger charge is 2.28. The third-order valence-corrected chi connectivity index (χ3v) is 4.86. The molecule has 7 heteroatoms. The van der Waals surface area contributed by atoms with Gasteiger partial charge < -0.3 is 14.5 Å². The van der Waals surface area contributed by atoms with Crippen LogP contribution in [0.2, 0.25) is 5.02 Å². The minimum Gasteiger partial charge on any atom is -0.450 e. The average Bonchev–Trinajstić information content (AvgIpc) is 2.63. The van der Waals surface area contributed by atoms with E-state index in [1.807, 2.05) is 25.1 Å². The van der Waals surface area contributed by atoms with Crippen LogP contribution in [-0.4, -0.2) is 53.2 Å². The van der Waals surface area contributed by atoms with Crippen LogP contribution in [0.1, 0.15) is 26.7 Å². The maximum atomic E-state index is 11.9. The third-order valence-electron chi connectivity index (χ3n) is 4.62. The molecule has 0 aliphatic carbocycles. The van der Waals surface area contributed by atoms with Crippen LogP contribution in [0.25, 0.3) is 10.9 Å². The van der Waals surface area contributed by atoms with E-state index in [1.54, 1.807) is 11.2 Å². The van der Waals surface area contributed by atoms with Crippen molar-refractivity contribution in [1.82, 2.24) is 14.9 Å². The molecule has 0 unspecified atom stereocenters. The maximum Gasteiger partial charge on any atom is 0.409 e. The van der Waals surface area contributed by atoms with Gasteiger partial charge in [0.15, 0.2) is 0 Å². The predicted molar refractivity (Wildman–Crippen MR) is 99.2 cm³/mol. The Morgan fingerprint density at radius 3 is 2.76 bits per heavy atom. The molecule has 2 aromatic rings. The highest BCUT2D eigenvalue weighted by molar-refractivity contribution is 6.31. The second-order valence-electron chi connectivity index (χ2n) is 6.06. The molecule has 1 fully saturated rings. The van der Waals surface area contributed by atoms with E-state index in [-0.39, 0.29) is 6.09 Å². The van der Waals surface area contributed by atoms with Crippen LogP contribution in [0.4, 0.5) is 10.6 Å². The largest absolute Gasteiger partial charge is 0.450 e. The Kier molecular flexibility index (Phi) is 5.58. The van der Waals surface area contributed by atoms with E-state index >= 15 is 0 Å². The first-order chi connectivity index (χ1) is 12.1. The van der Waals surface area contributed by atoms with Crippen LogP contribution in [0.5, 0.6) is 0 Å². The summed E-state index contributed by atoms with van der Waals surface area (Å²) in [6.45, 7) is 6.59. The molecule has 3 rings (SSSR count). The summed E-state index contributed by atoms with van der Waals surface area (Å²) in [4.78, 5) is 24.8. The van der Waals surface area contributed by atoms with Gasteiger partial charge in [-0.2, -0.15) is 0 Å². The first kappa shape index (κ1) is 17.7. The lowest BCUT2D eigenvalue weighted by atomic mass is 10.0. The number of carbonyl (C=O) groups excluding carboxylic acids is 1. The topological polar surface area (TPSA) is 58.6 Å². The van der Waals surface area contributed by atoms with Gasteiger partial charge >= 0.3 is 6.09 Å². The second-order valence-corrected chi connectivity index (χ2v) is 6.50. The second kappa shape index (κ2) is 7.87. The van der Waals surface area contributed by atoms with Crippen molar-refractivity contribution in [2.45, 2.75) is 32.7 Å². The Labute approximate surface area is 152 Å². The van der Waals surface area contributed by atoms with E-state index in [0.717, 1.165) is 36.1 Å². The number of hydrogen-bond donors (Lipinski definition) is 0. The summed E-state index contributed by atoms with van der Waals surface area (Å²) in [5.41, 5.74) is 0.886. The van der Waals surface area contributed by atoms with Crippen molar-refractivity contribution in [3.8, 4) is 0 Å². The Bertz CT molecular complexity index is 747. The molecular weight excluding hydrogens is 340 g/mol. The molecule has 0 N–H and O–H groups in total. The zero-order chi connectivity index (χ0) is 17.8. The Morgan fingerprint density at radius 1 is 1.32 bits per heavy atom. The molecule has 1 aliphatic heterocycles. The van der Waals surface area contributed by atoms with Gasteiger partial charge in [-0.1, -0.05) is 11.6 Å². The molecule has 1 aliphatic rings. The lowest BCUT2D eigenvalue weighted by molar-refractivity contribution is 0.0968. The number of halogens is 1. The van der Waals surface area contributed by atoms with Crippen molar-refractivity contribution >= 4 is 34.4 Å². The lowest BCUT2D eigenvalue weighted by Gasteiger charge is -2.38. The van der Waals surface area contributed by atoms with Crippen molar-refractivity contribution in [2.75, 3.05) is 31.1 Å². The van der Waals surface area contributed by atoms with E-state index in [9.17, 15) is 4.79 Å². The molecule has 1 amide bonds. The monoisotopic (exact) mass is 362 g/mol. The smallest absolute Gasteiger partial charge is 0.409 e. The van der Waals surface area contributed by atoms with Crippen LogP contribution < -0.4 is 4.90 Å². The van der Waals surface area contributed by atoms with E-state index in [2.05, 4.69) is 21.8 Å². The normalized spacial score (nSPS) is 15.4. The van der Waals surface area contributed by atoms with E-state index in [0.29, 0.717) is 30.8 Å². The molecule has 0 atom stereocenters. The molecule has 1 aromatic carbocycles. The fourth-order valence-electron chi connectivity index (χ4n) is 3.40. The number of carbonyl (C=O) groups is 1. The minimum atomic E-state index is -0.219. The summed E-state index contributed by atoms with van der Waals surface area (Å²) in [7, 11) is 0. The van der Waals surface area contributed by atoms with Gasteiger partial charge in [0.2, 0.25) is 0 Å². The van der Waals surface area contributed by atoms with Gasteiger partial charge in [-0.15, -0.1) is 0 Å². The molecule has 6 nitrogen and oxygen atoms in total. The number of hydrogen-bond acceptors (Lipinski definition) is 5. The zero-order valence-corrected chi connectivity index (χ0v) is 15.4.